The molecule has 2 aliphatic heterocycles. The summed E-state index contributed by atoms with van der Waals surface area (Å²) < 4.78 is 10.9. The summed E-state index contributed by atoms with van der Waals surface area (Å²) in [5.41, 5.74) is 0. The van der Waals surface area contributed by atoms with Gasteiger partial charge in [-0.1, -0.05) is 0 Å². The van der Waals surface area contributed by atoms with Gasteiger partial charge in [-0.2, -0.15) is 0 Å². The van der Waals surface area contributed by atoms with Gasteiger partial charge in [-0.25, -0.2) is 0 Å². The fourth-order valence-corrected chi connectivity index (χ4v) is 2.77. The van der Waals surface area contributed by atoms with Crippen LogP contribution in [0, 0.1) is 5.92 Å². The molecular weight excluding hydrogens is 280 g/mol. The third kappa shape index (κ3) is 4.88. The third-order valence-corrected chi connectivity index (χ3v) is 4.17. The molecule has 1 amide bonds. The van der Waals surface area contributed by atoms with Crippen LogP contribution in [0.1, 0.15) is 26.2 Å². The monoisotopic (exact) mass is 306 g/mol. The number of hydrogen-bond donors (Lipinski definition) is 1. The molecule has 0 bridgehead atoms. The van der Waals surface area contributed by atoms with Gasteiger partial charge >= 0.3 is 0 Å². The molecule has 0 unspecified atom stereocenters. The summed E-state index contributed by atoms with van der Waals surface area (Å²) in [4.78, 5) is 14.2. The van der Waals surface area contributed by atoms with Gasteiger partial charge in [0.15, 0.2) is 0 Å². The van der Waals surface area contributed by atoms with Crippen LogP contribution in [0.3, 0.4) is 0 Å². The summed E-state index contributed by atoms with van der Waals surface area (Å²) in [6, 6.07) is -0.187. The highest BCUT2D eigenvalue weighted by molar-refractivity contribution is 5.85. The van der Waals surface area contributed by atoms with Crippen LogP contribution in [0.5, 0.6) is 0 Å². The van der Waals surface area contributed by atoms with E-state index >= 15 is 0 Å². The quantitative estimate of drug-likeness (QED) is 0.844. The molecule has 6 heteroatoms. The third-order valence-electron chi connectivity index (χ3n) is 4.17. The van der Waals surface area contributed by atoms with E-state index in [1.807, 2.05) is 18.9 Å². The second-order valence-corrected chi connectivity index (χ2v) is 5.61. The number of carbonyl (C=O) groups excluding carboxylic acids is 1. The van der Waals surface area contributed by atoms with Crippen LogP contribution in [0.25, 0.3) is 0 Å². The largest absolute Gasteiger partial charge is 0.381 e. The van der Waals surface area contributed by atoms with Gasteiger partial charge in [0.2, 0.25) is 5.91 Å². The van der Waals surface area contributed by atoms with Crippen molar-refractivity contribution in [2.75, 3.05) is 40.0 Å². The van der Waals surface area contributed by atoms with Crippen molar-refractivity contribution in [2.45, 2.75) is 38.3 Å². The molecule has 0 aliphatic carbocycles. The van der Waals surface area contributed by atoms with Crippen molar-refractivity contribution in [1.29, 1.82) is 0 Å². The maximum atomic E-state index is 12.3. The van der Waals surface area contributed by atoms with Gasteiger partial charge in [0, 0.05) is 33.4 Å². The average molecular weight is 307 g/mol. The molecule has 0 radical (unpaired) electrons. The first-order valence-electron chi connectivity index (χ1n) is 7.36. The van der Waals surface area contributed by atoms with Gasteiger partial charge in [0.1, 0.15) is 6.04 Å². The number of morpholine rings is 1. The van der Waals surface area contributed by atoms with Crippen molar-refractivity contribution in [1.82, 2.24) is 10.2 Å². The predicted octanol–water partition coefficient (Wildman–Crippen LogP) is 1.06. The molecule has 2 rings (SSSR count). The molecule has 0 aromatic heterocycles. The van der Waals surface area contributed by atoms with E-state index in [0.29, 0.717) is 12.5 Å². The Kier molecular flexibility index (Phi) is 7.80. The van der Waals surface area contributed by atoms with E-state index in [0.717, 1.165) is 45.6 Å². The number of carbonyl (C=O) groups is 1. The Balaban J connectivity index is 0.00000200. The lowest BCUT2D eigenvalue weighted by Gasteiger charge is -2.33. The van der Waals surface area contributed by atoms with E-state index < -0.39 is 0 Å². The van der Waals surface area contributed by atoms with Crippen molar-refractivity contribution < 1.29 is 14.3 Å². The first-order chi connectivity index (χ1) is 9.18. The molecule has 0 aromatic carbocycles. The van der Waals surface area contributed by atoms with Gasteiger partial charge in [0.25, 0.3) is 0 Å². The number of halogens is 1. The standard InChI is InChI=1S/C14H26N2O3.ClH/c1-11-13(15-6-10-19-11)14(17)16(2)7-3-12-4-8-18-9-5-12;/h11-13,15H,3-10H2,1-2H3;1H/t11-,13+;/m1./s1. The zero-order valence-corrected chi connectivity index (χ0v) is 13.3. The lowest BCUT2D eigenvalue weighted by Crippen LogP contribution is -2.55. The molecule has 5 nitrogen and oxygen atoms in total. The van der Waals surface area contributed by atoms with E-state index in [-0.39, 0.29) is 30.5 Å². The smallest absolute Gasteiger partial charge is 0.242 e. The second-order valence-electron chi connectivity index (χ2n) is 5.61. The summed E-state index contributed by atoms with van der Waals surface area (Å²) in [5, 5.41) is 3.25. The highest BCUT2D eigenvalue weighted by Crippen LogP contribution is 2.19. The Bertz CT molecular complexity index is 298. The summed E-state index contributed by atoms with van der Waals surface area (Å²) in [7, 11) is 1.89. The minimum atomic E-state index is -0.187. The van der Waals surface area contributed by atoms with Gasteiger partial charge in [0.05, 0.1) is 12.7 Å². The molecule has 2 atom stereocenters. The molecule has 1 N–H and O–H groups in total. The van der Waals surface area contributed by atoms with Crippen LogP contribution in [0.4, 0.5) is 0 Å². The Morgan fingerprint density at radius 3 is 2.65 bits per heavy atom. The normalized spacial score (nSPS) is 27.7. The fourth-order valence-electron chi connectivity index (χ4n) is 2.77. The second kappa shape index (κ2) is 8.82. The summed E-state index contributed by atoms with van der Waals surface area (Å²) in [6.07, 6.45) is 3.30. The Hall–Kier alpha value is -0.360. The number of hydrogen-bond acceptors (Lipinski definition) is 4. The summed E-state index contributed by atoms with van der Waals surface area (Å²) >= 11 is 0. The van der Waals surface area contributed by atoms with E-state index in [2.05, 4.69) is 5.32 Å². The maximum Gasteiger partial charge on any atom is 0.242 e. The van der Waals surface area contributed by atoms with Crippen LogP contribution in [0.2, 0.25) is 0 Å². The lowest BCUT2D eigenvalue weighted by atomic mass is 9.96. The zero-order valence-electron chi connectivity index (χ0n) is 12.5. The number of nitrogens with zero attached hydrogens (tertiary/aromatic N) is 1. The van der Waals surface area contributed by atoms with Crippen LogP contribution in [-0.2, 0) is 14.3 Å². The van der Waals surface area contributed by atoms with Crippen molar-refractivity contribution in [3.63, 3.8) is 0 Å². The molecular formula is C14H27ClN2O3. The summed E-state index contributed by atoms with van der Waals surface area (Å²) in [6.45, 7) is 5.98. The first-order valence-corrected chi connectivity index (χ1v) is 7.36. The van der Waals surface area contributed by atoms with Gasteiger partial charge in [-0.3, -0.25) is 4.79 Å². The molecule has 2 fully saturated rings. The van der Waals surface area contributed by atoms with Gasteiger partial charge in [-0.05, 0) is 32.1 Å². The SMILES string of the molecule is C[C@H]1OCCN[C@@H]1C(=O)N(C)CCC1CCOCC1.Cl. The van der Waals surface area contributed by atoms with Gasteiger partial charge < -0.3 is 19.7 Å². The maximum absolute atomic E-state index is 12.3. The zero-order chi connectivity index (χ0) is 13.7. The minimum absolute atomic E-state index is 0. The van der Waals surface area contributed by atoms with Crippen LogP contribution in [0.15, 0.2) is 0 Å². The van der Waals surface area contributed by atoms with Crippen LogP contribution >= 0.6 is 12.4 Å². The highest BCUT2D eigenvalue weighted by Gasteiger charge is 2.30. The molecule has 118 valence electrons. The topological polar surface area (TPSA) is 50.8 Å². The fraction of sp³-hybridized carbons (Fsp3) is 0.929. The molecule has 2 heterocycles. The number of rotatable bonds is 4. The van der Waals surface area contributed by atoms with Gasteiger partial charge in [-0.15, -0.1) is 12.4 Å². The molecule has 0 saturated carbocycles. The minimum Gasteiger partial charge on any atom is -0.381 e. The molecule has 20 heavy (non-hydrogen) atoms. The summed E-state index contributed by atoms with van der Waals surface area (Å²) in [5.74, 6) is 0.858. The highest BCUT2D eigenvalue weighted by atomic mass is 35.5. The number of amides is 1. The van der Waals surface area contributed by atoms with E-state index in [1.165, 1.54) is 0 Å². The average Bonchev–Trinajstić information content (AvgIpc) is 2.45. The van der Waals surface area contributed by atoms with E-state index in [9.17, 15) is 4.79 Å². The Morgan fingerprint density at radius 2 is 2.00 bits per heavy atom. The van der Waals surface area contributed by atoms with Crippen molar-refractivity contribution in [3.05, 3.63) is 0 Å². The van der Waals surface area contributed by atoms with E-state index in [4.69, 9.17) is 9.47 Å². The number of likely N-dealkylation sites (N-methyl/N-ethyl adjacent to an activating group) is 1. The lowest BCUT2D eigenvalue weighted by molar-refractivity contribution is -0.138. The van der Waals surface area contributed by atoms with Crippen LogP contribution < -0.4 is 5.32 Å². The Labute approximate surface area is 127 Å². The molecule has 2 saturated heterocycles. The predicted molar refractivity (Wildman–Crippen MR) is 80.2 cm³/mol. The molecule has 2 aliphatic rings. The van der Waals surface area contributed by atoms with Crippen molar-refractivity contribution in [2.24, 2.45) is 5.92 Å². The first kappa shape index (κ1) is 17.7. The number of ether oxygens (including phenoxy) is 2. The van der Waals surface area contributed by atoms with E-state index in [1.54, 1.807) is 0 Å². The number of nitrogens with one attached hydrogen (secondary N) is 1. The Morgan fingerprint density at radius 1 is 1.30 bits per heavy atom. The molecule has 0 aromatic rings. The van der Waals surface area contributed by atoms with Crippen molar-refractivity contribution >= 4 is 18.3 Å². The molecule has 0 spiro atoms. The van der Waals surface area contributed by atoms with Crippen molar-refractivity contribution in [3.8, 4) is 0 Å². The van der Waals surface area contributed by atoms with Crippen LogP contribution in [-0.4, -0.2) is 62.9 Å².